The molecular weight excluding hydrogens is 330 g/mol. The number of benzene rings is 1. The van der Waals surface area contributed by atoms with Crippen molar-refractivity contribution in [2.75, 3.05) is 6.54 Å². The van der Waals surface area contributed by atoms with Crippen molar-refractivity contribution in [2.45, 2.75) is 45.4 Å². The molecule has 0 saturated heterocycles. The predicted molar refractivity (Wildman–Crippen MR) is 97.8 cm³/mol. The molecule has 0 spiro atoms. The van der Waals surface area contributed by atoms with Crippen LogP contribution in [0.5, 0.6) is 0 Å². The maximum absolute atomic E-state index is 12.2. The van der Waals surface area contributed by atoms with Crippen molar-refractivity contribution in [3.8, 4) is 0 Å². The number of carbonyl (C=O) groups is 2. The molecule has 1 aromatic heterocycles. The van der Waals surface area contributed by atoms with E-state index in [0.29, 0.717) is 13.1 Å². The Hall–Kier alpha value is -2.67. The standard InChI is InChI=1S/C19H25N5O2/c1-14(25)23-8-5-9-24-17(13-23)10-16(22-24)12-21-19(26)11-18(20)15-6-3-2-4-7-15/h2-4,6-7,10,18H,5,8-9,11-13,20H2,1H3,(H,21,26). The number of nitrogens with zero attached hydrogens (tertiary/aromatic N) is 3. The van der Waals surface area contributed by atoms with Crippen LogP contribution < -0.4 is 11.1 Å². The van der Waals surface area contributed by atoms with Crippen LogP contribution >= 0.6 is 0 Å². The average Bonchev–Trinajstić information content (AvgIpc) is 2.90. The number of rotatable bonds is 5. The lowest BCUT2D eigenvalue weighted by atomic mass is 10.0. The zero-order valence-electron chi connectivity index (χ0n) is 15.0. The highest BCUT2D eigenvalue weighted by atomic mass is 16.2. The summed E-state index contributed by atoms with van der Waals surface area (Å²) in [6, 6.07) is 11.2. The minimum atomic E-state index is -0.320. The molecule has 7 heteroatoms. The minimum absolute atomic E-state index is 0.0735. The maximum atomic E-state index is 12.2. The van der Waals surface area contributed by atoms with Gasteiger partial charge in [0.1, 0.15) is 0 Å². The number of amides is 2. The predicted octanol–water partition coefficient (Wildman–Crippen LogP) is 1.34. The van der Waals surface area contributed by atoms with E-state index in [0.717, 1.165) is 36.5 Å². The third kappa shape index (κ3) is 4.49. The van der Waals surface area contributed by atoms with Crippen LogP contribution in [0.15, 0.2) is 36.4 Å². The van der Waals surface area contributed by atoms with Crippen LogP contribution in [0.25, 0.3) is 0 Å². The van der Waals surface area contributed by atoms with Gasteiger partial charge in [0.2, 0.25) is 11.8 Å². The summed E-state index contributed by atoms with van der Waals surface area (Å²) < 4.78 is 1.93. The van der Waals surface area contributed by atoms with Crippen LogP contribution in [0.4, 0.5) is 0 Å². The van der Waals surface area contributed by atoms with E-state index in [9.17, 15) is 9.59 Å². The molecule has 2 aromatic rings. The second-order valence-corrected chi connectivity index (χ2v) is 6.64. The van der Waals surface area contributed by atoms with Crippen LogP contribution in [-0.2, 0) is 29.2 Å². The van der Waals surface area contributed by atoms with Gasteiger partial charge in [0.05, 0.1) is 24.5 Å². The molecule has 1 atom stereocenters. The van der Waals surface area contributed by atoms with E-state index in [4.69, 9.17) is 5.73 Å². The van der Waals surface area contributed by atoms with Crippen molar-refractivity contribution < 1.29 is 9.59 Å². The van der Waals surface area contributed by atoms with E-state index in [1.807, 2.05) is 46.0 Å². The first-order chi connectivity index (χ1) is 12.5. The van der Waals surface area contributed by atoms with Crippen LogP contribution in [0.2, 0.25) is 0 Å². The van der Waals surface area contributed by atoms with Gasteiger partial charge in [0, 0.05) is 32.5 Å². The van der Waals surface area contributed by atoms with Gasteiger partial charge in [-0.1, -0.05) is 30.3 Å². The number of aryl methyl sites for hydroxylation is 1. The largest absolute Gasteiger partial charge is 0.350 e. The Morgan fingerprint density at radius 2 is 2.04 bits per heavy atom. The van der Waals surface area contributed by atoms with Gasteiger partial charge in [0.25, 0.3) is 0 Å². The van der Waals surface area contributed by atoms with Crippen molar-refractivity contribution in [3.63, 3.8) is 0 Å². The summed E-state index contributed by atoms with van der Waals surface area (Å²) in [6.45, 7) is 4.05. The molecule has 3 rings (SSSR count). The second kappa shape index (κ2) is 8.14. The fourth-order valence-electron chi connectivity index (χ4n) is 3.16. The molecule has 7 nitrogen and oxygen atoms in total. The Labute approximate surface area is 153 Å². The van der Waals surface area contributed by atoms with E-state index in [2.05, 4.69) is 10.4 Å². The highest BCUT2D eigenvalue weighted by Gasteiger charge is 2.18. The molecule has 0 saturated carbocycles. The zero-order chi connectivity index (χ0) is 18.5. The van der Waals surface area contributed by atoms with Crippen LogP contribution in [0, 0.1) is 0 Å². The van der Waals surface area contributed by atoms with Crippen LogP contribution in [0.1, 0.15) is 42.8 Å². The Bertz CT molecular complexity index is 771. The summed E-state index contributed by atoms with van der Waals surface area (Å²) in [4.78, 5) is 25.6. The Kier molecular flexibility index (Phi) is 5.68. The summed E-state index contributed by atoms with van der Waals surface area (Å²) in [5.41, 5.74) is 8.83. The lowest BCUT2D eigenvalue weighted by Gasteiger charge is -2.17. The van der Waals surface area contributed by atoms with Gasteiger partial charge in [-0.25, -0.2) is 0 Å². The lowest BCUT2D eigenvalue weighted by molar-refractivity contribution is -0.129. The smallest absolute Gasteiger partial charge is 0.222 e. The zero-order valence-corrected chi connectivity index (χ0v) is 15.0. The van der Waals surface area contributed by atoms with E-state index in [1.54, 1.807) is 6.92 Å². The Balaban J connectivity index is 1.54. The summed E-state index contributed by atoms with van der Waals surface area (Å²) in [7, 11) is 0. The third-order valence-corrected chi connectivity index (χ3v) is 4.61. The first-order valence-electron chi connectivity index (χ1n) is 8.91. The highest BCUT2D eigenvalue weighted by Crippen LogP contribution is 2.15. The van der Waals surface area contributed by atoms with E-state index < -0.39 is 0 Å². The molecule has 0 bridgehead atoms. The molecule has 1 aliphatic rings. The first kappa shape index (κ1) is 18.1. The molecule has 0 fully saturated rings. The number of fused-ring (bicyclic) bond motifs is 1. The second-order valence-electron chi connectivity index (χ2n) is 6.64. The van der Waals surface area contributed by atoms with Gasteiger partial charge in [-0.15, -0.1) is 0 Å². The molecular formula is C19H25N5O2. The Morgan fingerprint density at radius 3 is 2.77 bits per heavy atom. The van der Waals surface area contributed by atoms with Gasteiger partial charge >= 0.3 is 0 Å². The van der Waals surface area contributed by atoms with Gasteiger partial charge in [-0.05, 0) is 18.1 Å². The molecule has 2 heterocycles. The van der Waals surface area contributed by atoms with Crippen LogP contribution in [-0.4, -0.2) is 33.0 Å². The molecule has 0 radical (unpaired) electrons. The van der Waals surface area contributed by atoms with Crippen molar-refractivity contribution in [1.82, 2.24) is 20.0 Å². The van der Waals surface area contributed by atoms with Crippen molar-refractivity contribution in [2.24, 2.45) is 5.73 Å². The molecule has 3 N–H and O–H groups in total. The van der Waals surface area contributed by atoms with E-state index in [-0.39, 0.29) is 24.3 Å². The van der Waals surface area contributed by atoms with E-state index in [1.165, 1.54) is 0 Å². The number of hydrogen-bond donors (Lipinski definition) is 2. The fourth-order valence-corrected chi connectivity index (χ4v) is 3.16. The quantitative estimate of drug-likeness (QED) is 0.846. The van der Waals surface area contributed by atoms with Crippen molar-refractivity contribution in [3.05, 3.63) is 53.3 Å². The summed E-state index contributed by atoms with van der Waals surface area (Å²) in [5, 5.41) is 7.43. The highest BCUT2D eigenvalue weighted by molar-refractivity contribution is 5.76. The number of aromatic nitrogens is 2. The lowest BCUT2D eigenvalue weighted by Crippen LogP contribution is -2.28. The van der Waals surface area contributed by atoms with Gasteiger partial charge < -0.3 is 16.0 Å². The summed E-state index contributed by atoms with van der Waals surface area (Å²) in [6.07, 6.45) is 1.11. The SMILES string of the molecule is CC(=O)N1CCCn2nc(CNC(=O)CC(N)c3ccccc3)cc2C1. The molecule has 138 valence electrons. The molecule has 1 aliphatic heterocycles. The summed E-state index contributed by atoms with van der Waals surface area (Å²) >= 11 is 0. The van der Waals surface area contributed by atoms with Crippen molar-refractivity contribution in [1.29, 1.82) is 0 Å². The molecule has 1 aromatic carbocycles. The molecule has 26 heavy (non-hydrogen) atoms. The Morgan fingerprint density at radius 1 is 1.27 bits per heavy atom. The molecule has 1 unspecified atom stereocenters. The van der Waals surface area contributed by atoms with E-state index >= 15 is 0 Å². The normalized spacial score (nSPS) is 15.1. The van der Waals surface area contributed by atoms with Gasteiger partial charge in [-0.3, -0.25) is 14.3 Å². The van der Waals surface area contributed by atoms with Crippen LogP contribution in [0.3, 0.4) is 0 Å². The number of nitrogens with one attached hydrogen (secondary N) is 1. The molecule has 0 aliphatic carbocycles. The number of hydrogen-bond acceptors (Lipinski definition) is 4. The fraction of sp³-hybridized carbons (Fsp3) is 0.421. The average molecular weight is 355 g/mol. The number of carbonyl (C=O) groups excluding carboxylic acids is 2. The topological polar surface area (TPSA) is 93.2 Å². The number of nitrogens with two attached hydrogens (primary N) is 1. The van der Waals surface area contributed by atoms with Gasteiger partial charge in [0.15, 0.2) is 0 Å². The minimum Gasteiger partial charge on any atom is -0.350 e. The van der Waals surface area contributed by atoms with Gasteiger partial charge in [-0.2, -0.15) is 5.10 Å². The van der Waals surface area contributed by atoms with Crippen molar-refractivity contribution >= 4 is 11.8 Å². The summed E-state index contributed by atoms with van der Waals surface area (Å²) in [5.74, 6) is -0.0284. The molecule has 2 amide bonds. The monoisotopic (exact) mass is 355 g/mol. The third-order valence-electron chi connectivity index (χ3n) is 4.61. The first-order valence-corrected chi connectivity index (χ1v) is 8.91. The maximum Gasteiger partial charge on any atom is 0.222 e.